The summed E-state index contributed by atoms with van der Waals surface area (Å²) in [6.45, 7) is 0.402. The van der Waals surface area contributed by atoms with Gasteiger partial charge in [-0.15, -0.1) is 0 Å². The van der Waals surface area contributed by atoms with Crippen LogP contribution < -0.4 is 10.6 Å². The van der Waals surface area contributed by atoms with E-state index >= 15 is 0 Å². The van der Waals surface area contributed by atoms with E-state index in [1.165, 1.54) is 0 Å². The van der Waals surface area contributed by atoms with Gasteiger partial charge in [0, 0.05) is 24.6 Å². The predicted molar refractivity (Wildman–Crippen MR) is 92.7 cm³/mol. The van der Waals surface area contributed by atoms with Gasteiger partial charge in [-0.1, -0.05) is 48.5 Å². The van der Waals surface area contributed by atoms with Gasteiger partial charge in [0.2, 0.25) is 5.91 Å². The Bertz CT molecular complexity index is 644. The highest BCUT2D eigenvalue weighted by Gasteiger charge is 2.13. The van der Waals surface area contributed by atoms with Gasteiger partial charge in [0.25, 0.3) is 5.91 Å². The third kappa shape index (κ3) is 5.52. The Kier molecular flexibility index (Phi) is 6.98. The van der Waals surface area contributed by atoms with Crippen molar-refractivity contribution in [2.45, 2.75) is 12.3 Å². The van der Waals surface area contributed by atoms with Crippen LogP contribution in [0.4, 0.5) is 0 Å². The van der Waals surface area contributed by atoms with Crippen molar-refractivity contribution < 1.29 is 14.7 Å². The summed E-state index contributed by atoms with van der Waals surface area (Å²) in [5.74, 6) is -0.483. The van der Waals surface area contributed by atoms with Crippen LogP contribution in [0.3, 0.4) is 0 Å². The zero-order valence-corrected chi connectivity index (χ0v) is 13.4. The van der Waals surface area contributed by atoms with Gasteiger partial charge in [-0.05, 0) is 24.1 Å². The lowest BCUT2D eigenvalue weighted by Gasteiger charge is -2.17. The first-order chi connectivity index (χ1) is 11.7. The van der Waals surface area contributed by atoms with Gasteiger partial charge >= 0.3 is 0 Å². The molecule has 2 rings (SSSR count). The van der Waals surface area contributed by atoms with E-state index in [9.17, 15) is 14.7 Å². The van der Waals surface area contributed by atoms with E-state index in [2.05, 4.69) is 10.6 Å². The van der Waals surface area contributed by atoms with Crippen LogP contribution >= 0.6 is 0 Å². The number of nitrogens with one attached hydrogen (secondary N) is 2. The Morgan fingerprint density at radius 3 is 2.17 bits per heavy atom. The molecule has 1 atom stereocenters. The van der Waals surface area contributed by atoms with Gasteiger partial charge in [-0.2, -0.15) is 0 Å². The van der Waals surface area contributed by atoms with Crippen LogP contribution in [0, 0.1) is 0 Å². The fourth-order valence-corrected chi connectivity index (χ4v) is 2.42. The maximum absolute atomic E-state index is 11.9. The monoisotopic (exact) mass is 326 g/mol. The molecule has 0 radical (unpaired) electrons. The molecule has 24 heavy (non-hydrogen) atoms. The Morgan fingerprint density at radius 2 is 1.54 bits per heavy atom. The van der Waals surface area contributed by atoms with Gasteiger partial charge in [-0.3, -0.25) is 9.59 Å². The molecule has 0 aromatic heterocycles. The maximum atomic E-state index is 11.9. The number of carbonyl (C=O) groups is 2. The average Bonchev–Trinajstić information content (AvgIpc) is 2.64. The largest absolute Gasteiger partial charge is 0.396 e. The second kappa shape index (κ2) is 9.47. The normalized spacial score (nSPS) is 11.5. The smallest absolute Gasteiger partial charge is 0.251 e. The number of benzene rings is 2. The van der Waals surface area contributed by atoms with Gasteiger partial charge in [0.15, 0.2) is 0 Å². The minimum absolute atomic E-state index is 0.0463. The van der Waals surface area contributed by atoms with Crippen LogP contribution in [0.5, 0.6) is 0 Å². The number of hydrogen-bond acceptors (Lipinski definition) is 3. The summed E-state index contributed by atoms with van der Waals surface area (Å²) in [5.41, 5.74) is 1.59. The Labute approximate surface area is 141 Å². The first-order valence-corrected chi connectivity index (χ1v) is 7.96. The number of rotatable bonds is 8. The fourth-order valence-electron chi connectivity index (χ4n) is 2.42. The molecule has 1 unspecified atom stereocenters. The van der Waals surface area contributed by atoms with E-state index in [1.54, 1.807) is 24.3 Å². The van der Waals surface area contributed by atoms with Crippen molar-refractivity contribution in [2.24, 2.45) is 0 Å². The first-order valence-electron chi connectivity index (χ1n) is 7.96. The molecule has 2 aromatic rings. The fraction of sp³-hybridized carbons (Fsp3) is 0.263. The average molecular weight is 326 g/mol. The standard InChI is InChI=1S/C19H22N2O3/c22-12-11-17(15-7-3-1-4-8-15)13-20-18(23)14-21-19(24)16-9-5-2-6-10-16/h1-10,17,22H,11-14H2,(H,20,23)(H,21,24). The molecule has 0 fully saturated rings. The zero-order chi connectivity index (χ0) is 17.2. The van der Waals surface area contributed by atoms with Crippen LogP contribution in [-0.4, -0.2) is 36.6 Å². The summed E-state index contributed by atoms with van der Waals surface area (Å²) >= 11 is 0. The molecule has 0 saturated heterocycles. The van der Waals surface area contributed by atoms with Crippen molar-refractivity contribution in [1.29, 1.82) is 0 Å². The van der Waals surface area contributed by atoms with E-state index in [4.69, 9.17) is 0 Å². The minimum Gasteiger partial charge on any atom is -0.396 e. The summed E-state index contributed by atoms with van der Waals surface area (Å²) in [5, 5.41) is 14.6. The van der Waals surface area contributed by atoms with Crippen LogP contribution in [0.1, 0.15) is 28.3 Å². The lowest BCUT2D eigenvalue weighted by molar-refractivity contribution is -0.120. The van der Waals surface area contributed by atoms with Crippen molar-refractivity contribution >= 4 is 11.8 Å². The number of aliphatic hydroxyl groups excluding tert-OH is 1. The van der Waals surface area contributed by atoms with E-state index in [0.29, 0.717) is 18.5 Å². The Hall–Kier alpha value is -2.66. The number of amides is 2. The molecular formula is C19H22N2O3. The highest BCUT2D eigenvalue weighted by atomic mass is 16.3. The molecule has 2 aromatic carbocycles. The quantitative estimate of drug-likeness (QED) is 0.691. The Morgan fingerprint density at radius 1 is 0.917 bits per heavy atom. The second-order valence-corrected chi connectivity index (χ2v) is 5.47. The van der Waals surface area contributed by atoms with Crippen molar-refractivity contribution in [3.8, 4) is 0 Å². The molecule has 0 heterocycles. The molecule has 126 valence electrons. The first kappa shape index (κ1) is 17.7. The SMILES string of the molecule is O=C(CNC(=O)c1ccccc1)NCC(CCO)c1ccccc1. The molecule has 3 N–H and O–H groups in total. The molecular weight excluding hydrogens is 304 g/mol. The third-order valence-corrected chi connectivity index (χ3v) is 3.74. The lowest BCUT2D eigenvalue weighted by Crippen LogP contribution is -2.38. The highest BCUT2D eigenvalue weighted by Crippen LogP contribution is 2.17. The van der Waals surface area contributed by atoms with Crippen molar-refractivity contribution in [3.05, 3.63) is 71.8 Å². The van der Waals surface area contributed by atoms with Crippen LogP contribution in [0.2, 0.25) is 0 Å². The summed E-state index contributed by atoms with van der Waals surface area (Å²) in [7, 11) is 0. The van der Waals surface area contributed by atoms with Crippen LogP contribution in [-0.2, 0) is 4.79 Å². The maximum Gasteiger partial charge on any atom is 0.251 e. The van der Waals surface area contributed by atoms with Gasteiger partial charge < -0.3 is 15.7 Å². The molecule has 0 aliphatic heterocycles. The molecule has 0 aliphatic carbocycles. The highest BCUT2D eigenvalue weighted by molar-refractivity contribution is 5.96. The second-order valence-electron chi connectivity index (χ2n) is 5.47. The summed E-state index contributed by atoms with van der Waals surface area (Å²) in [6, 6.07) is 18.5. The lowest BCUT2D eigenvalue weighted by atomic mass is 9.96. The van der Waals surface area contributed by atoms with Gasteiger partial charge in [0.1, 0.15) is 0 Å². The van der Waals surface area contributed by atoms with E-state index in [1.807, 2.05) is 36.4 Å². The number of aliphatic hydroxyl groups is 1. The third-order valence-electron chi connectivity index (χ3n) is 3.74. The van der Waals surface area contributed by atoms with Crippen molar-refractivity contribution in [1.82, 2.24) is 10.6 Å². The molecule has 0 saturated carbocycles. The topological polar surface area (TPSA) is 78.4 Å². The van der Waals surface area contributed by atoms with Gasteiger partial charge in [-0.25, -0.2) is 0 Å². The van der Waals surface area contributed by atoms with Crippen molar-refractivity contribution in [2.75, 3.05) is 19.7 Å². The van der Waals surface area contributed by atoms with Crippen LogP contribution in [0.25, 0.3) is 0 Å². The molecule has 5 nitrogen and oxygen atoms in total. The van der Waals surface area contributed by atoms with Crippen LogP contribution in [0.15, 0.2) is 60.7 Å². The summed E-state index contributed by atoms with van der Waals surface area (Å²) < 4.78 is 0. The molecule has 5 heteroatoms. The zero-order valence-electron chi connectivity index (χ0n) is 13.4. The van der Waals surface area contributed by atoms with E-state index in [-0.39, 0.29) is 30.9 Å². The number of carbonyl (C=O) groups excluding carboxylic acids is 2. The molecule has 0 aliphatic rings. The summed E-state index contributed by atoms with van der Waals surface area (Å²) in [4.78, 5) is 23.8. The van der Waals surface area contributed by atoms with Gasteiger partial charge in [0.05, 0.1) is 6.54 Å². The Balaban J connectivity index is 1.80. The van der Waals surface area contributed by atoms with Crippen molar-refractivity contribution in [3.63, 3.8) is 0 Å². The minimum atomic E-state index is -0.277. The summed E-state index contributed by atoms with van der Waals surface area (Å²) in [6.07, 6.45) is 0.570. The number of hydrogen-bond donors (Lipinski definition) is 3. The molecule has 2 amide bonds. The van der Waals surface area contributed by atoms with E-state index in [0.717, 1.165) is 5.56 Å². The molecule has 0 bridgehead atoms. The molecule has 0 spiro atoms. The van der Waals surface area contributed by atoms with E-state index < -0.39 is 0 Å². The predicted octanol–water partition coefficient (Wildman–Crippen LogP) is 1.70.